The molecule has 0 radical (unpaired) electrons. The van der Waals surface area contributed by atoms with Crippen molar-refractivity contribution in [1.29, 1.82) is 0 Å². The number of ether oxygens (including phenoxy) is 2. The van der Waals surface area contributed by atoms with Gasteiger partial charge in [0.1, 0.15) is 12.2 Å². The first-order valence-corrected chi connectivity index (χ1v) is 11.3. The van der Waals surface area contributed by atoms with Crippen molar-refractivity contribution in [3.63, 3.8) is 0 Å². The molecule has 0 aliphatic heterocycles. The van der Waals surface area contributed by atoms with Gasteiger partial charge in [-0.3, -0.25) is 0 Å². The van der Waals surface area contributed by atoms with Crippen LogP contribution in [0.4, 0.5) is 0 Å². The molecule has 2 rings (SSSR count). The smallest absolute Gasteiger partial charge is 0.331 e. The first kappa shape index (κ1) is 23.0. The molecular weight excluding hydrogens is 352 g/mol. The first-order chi connectivity index (χ1) is 13.2. The molecule has 4 nitrogen and oxygen atoms in total. The Morgan fingerprint density at radius 1 is 0.714 bits per heavy atom. The highest BCUT2D eigenvalue weighted by Crippen LogP contribution is 2.36. The van der Waals surface area contributed by atoms with Crippen LogP contribution >= 0.6 is 0 Å². The van der Waals surface area contributed by atoms with Crippen LogP contribution in [0.2, 0.25) is 0 Å². The Morgan fingerprint density at radius 2 is 1.07 bits per heavy atom. The van der Waals surface area contributed by atoms with Crippen molar-refractivity contribution in [1.82, 2.24) is 0 Å². The summed E-state index contributed by atoms with van der Waals surface area (Å²) in [6.45, 7) is 13.2. The van der Waals surface area contributed by atoms with Crippen molar-refractivity contribution >= 4 is 11.9 Å². The van der Waals surface area contributed by atoms with Gasteiger partial charge in [0.25, 0.3) is 0 Å². The molecule has 4 heteroatoms. The molecular formula is C24H40O4. The van der Waals surface area contributed by atoms with E-state index in [4.69, 9.17) is 9.47 Å². The van der Waals surface area contributed by atoms with Gasteiger partial charge >= 0.3 is 11.9 Å². The lowest BCUT2D eigenvalue weighted by molar-refractivity contribution is -0.152. The molecule has 0 saturated heterocycles. The summed E-state index contributed by atoms with van der Waals surface area (Å²) in [4.78, 5) is 24.6. The summed E-state index contributed by atoms with van der Waals surface area (Å²) >= 11 is 0. The zero-order chi connectivity index (χ0) is 20.8. The fourth-order valence-corrected chi connectivity index (χ4v) is 5.01. The lowest BCUT2D eigenvalue weighted by Crippen LogP contribution is -2.36. The lowest BCUT2D eigenvalue weighted by atomic mass is 9.75. The summed E-state index contributed by atoms with van der Waals surface area (Å²) in [6.07, 6.45) is 8.77. The Balaban J connectivity index is 1.89. The van der Waals surface area contributed by atoms with E-state index in [1.165, 1.54) is 25.0 Å². The maximum Gasteiger partial charge on any atom is 0.331 e. The molecule has 0 aromatic heterocycles. The van der Waals surface area contributed by atoms with Gasteiger partial charge in [-0.25, -0.2) is 9.59 Å². The molecule has 2 aliphatic rings. The quantitative estimate of drug-likeness (QED) is 0.439. The topological polar surface area (TPSA) is 52.6 Å². The number of carbonyl (C=O) groups is 2. The molecule has 0 aromatic rings. The summed E-state index contributed by atoms with van der Waals surface area (Å²) in [5.41, 5.74) is 0. The zero-order valence-electron chi connectivity index (χ0n) is 18.6. The molecule has 2 saturated carbocycles. The highest BCUT2D eigenvalue weighted by Gasteiger charge is 2.34. The van der Waals surface area contributed by atoms with Crippen LogP contribution in [0.1, 0.15) is 80.1 Å². The second-order valence-corrected chi connectivity index (χ2v) is 9.94. The van der Waals surface area contributed by atoms with Crippen LogP contribution in [0, 0.1) is 35.5 Å². The van der Waals surface area contributed by atoms with Gasteiger partial charge in [-0.05, 0) is 61.2 Å². The largest absolute Gasteiger partial charge is 0.459 e. The Bertz CT molecular complexity index is 503. The van der Waals surface area contributed by atoms with E-state index in [0.29, 0.717) is 35.5 Å². The average molecular weight is 393 g/mol. The zero-order valence-corrected chi connectivity index (χ0v) is 18.6. The molecule has 0 amide bonds. The minimum Gasteiger partial charge on any atom is -0.459 e. The minimum atomic E-state index is -0.431. The Hall–Kier alpha value is -1.32. The normalized spacial score (nSPS) is 34.0. The fraction of sp³-hybridized carbons (Fsp3) is 0.833. The predicted octanol–water partition coefficient (Wildman–Crippen LogP) is 5.55. The van der Waals surface area contributed by atoms with Crippen LogP contribution in [-0.2, 0) is 19.1 Å². The molecule has 0 bridgehead atoms. The second-order valence-electron chi connectivity index (χ2n) is 9.94. The number of hydrogen-bond acceptors (Lipinski definition) is 4. The van der Waals surface area contributed by atoms with E-state index in [1.807, 2.05) is 0 Å². The third-order valence-electron chi connectivity index (χ3n) is 6.81. The van der Waals surface area contributed by atoms with Crippen molar-refractivity contribution in [2.75, 3.05) is 0 Å². The standard InChI is InChI=1S/C24H40O4/c1-15(2)19-9-7-17(5)13-21(19)27-23(25)11-12-24(26)28-22-14-18(6)8-10-20(22)16(3)4/h11-12,15-22H,7-10,13-14H2,1-6H3/b12-11+/t17-,18-,19+,20+,21-,22-/m1/s1. The highest BCUT2D eigenvalue weighted by molar-refractivity contribution is 5.91. The van der Waals surface area contributed by atoms with Crippen molar-refractivity contribution in [3.05, 3.63) is 12.2 Å². The molecule has 0 heterocycles. The molecule has 28 heavy (non-hydrogen) atoms. The summed E-state index contributed by atoms with van der Waals surface area (Å²) in [5, 5.41) is 0. The number of esters is 2. The Kier molecular flexibility index (Phi) is 8.57. The van der Waals surface area contributed by atoms with Gasteiger partial charge in [0.15, 0.2) is 0 Å². The van der Waals surface area contributed by atoms with Gasteiger partial charge in [-0.15, -0.1) is 0 Å². The molecule has 0 unspecified atom stereocenters. The van der Waals surface area contributed by atoms with Crippen molar-refractivity contribution < 1.29 is 19.1 Å². The summed E-state index contributed by atoms with van der Waals surface area (Å²) in [7, 11) is 0. The monoisotopic (exact) mass is 392 g/mol. The molecule has 160 valence electrons. The van der Waals surface area contributed by atoms with E-state index >= 15 is 0 Å². The maximum absolute atomic E-state index is 12.3. The number of carbonyl (C=O) groups excluding carboxylic acids is 2. The van der Waals surface area contributed by atoms with Gasteiger partial charge in [-0.1, -0.05) is 54.4 Å². The van der Waals surface area contributed by atoms with E-state index in [2.05, 4.69) is 41.5 Å². The first-order valence-electron chi connectivity index (χ1n) is 11.3. The van der Waals surface area contributed by atoms with Crippen molar-refractivity contribution in [3.8, 4) is 0 Å². The molecule has 0 spiro atoms. The van der Waals surface area contributed by atoms with E-state index in [-0.39, 0.29) is 12.2 Å². The summed E-state index contributed by atoms with van der Waals surface area (Å²) in [5.74, 6) is 2.05. The van der Waals surface area contributed by atoms with E-state index in [0.717, 1.165) is 25.7 Å². The van der Waals surface area contributed by atoms with Crippen molar-refractivity contribution in [2.45, 2.75) is 92.3 Å². The van der Waals surface area contributed by atoms with Gasteiger partial charge < -0.3 is 9.47 Å². The fourth-order valence-electron chi connectivity index (χ4n) is 5.01. The van der Waals surface area contributed by atoms with Gasteiger partial charge in [0.05, 0.1) is 0 Å². The van der Waals surface area contributed by atoms with E-state index < -0.39 is 11.9 Å². The SMILES string of the molecule is CC(C)[C@@H]1CC[C@@H](C)C[C@H]1OC(=O)/C=C/C(=O)O[C@@H]1C[C@H](C)CC[C@H]1C(C)C. The molecule has 0 aromatic carbocycles. The number of rotatable bonds is 6. The number of hydrogen-bond donors (Lipinski definition) is 0. The van der Waals surface area contributed by atoms with Crippen LogP contribution < -0.4 is 0 Å². The van der Waals surface area contributed by atoms with Gasteiger partial charge in [0, 0.05) is 12.2 Å². The van der Waals surface area contributed by atoms with Crippen molar-refractivity contribution in [2.24, 2.45) is 35.5 Å². The second kappa shape index (κ2) is 10.5. The Morgan fingerprint density at radius 3 is 1.39 bits per heavy atom. The Labute approximate surface area is 171 Å². The summed E-state index contributed by atoms with van der Waals surface area (Å²) < 4.78 is 11.4. The maximum atomic E-state index is 12.3. The van der Waals surface area contributed by atoms with Gasteiger partial charge in [0.2, 0.25) is 0 Å². The van der Waals surface area contributed by atoms with Crippen LogP contribution in [0.3, 0.4) is 0 Å². The molecule has 2 aliphatic carbocycles. The molecule has 0 N–H and O–H groups in total. The average Bonchev–Trinajstić information content (AvgIpc) is 2.59. The third-order valence-corrected chi connectivity index (χ3v) is 6.81. The minimum absolute atomic E-state index is 0.0542. The molecule has 2 fully saturated rings. The summed E-state index contributed by atoms with van der Waals surface area (Å²) in [6, 6.07) is 0. The molecule has 6 atom stereocenters. The van der Waals surface area contributed by atoms with E-state index in [1.54, 1.807) is 0 Å². The predicted molar refractivity (Wildman–Crippen MR) is 112 cm³/mol. The third kappa shape index (κ3) is 6.63. The van der Waals surface area contributed by atoms with E-state index in [9.17, 15) is 9.59 Å². The van der Waals surface area contributed by atoms with Crippen LogP contribution in [0.15, 0.2) is 12.2 Å². The van der Waals surface area contributed by atoms with Crippen LogP contribution in [0.5, 0.6) is 0 Å². The van der Waals surface area contributed by atoms with Crippen LogP contribution in [0.25, 0.3) is 0 Å². The lowest BCUT2D eigenvalue weighted by Gasteiger charge is -2.36. The van der Waals surface area contributed by atoms with Gasteiger partial charge in [-0.2, -0.15) is 0 Å². The highest BCUT2D eigenvalue weighted by atomic mass is 16.5. The van der Waals surface area contributed by atoms with Crippen LogP contribution in [-0.4, -0.2) is 24.1 Å².